The monoisotopic (exact) mass is 908 g/mol. The van der Waals surface area contributed by atoms with E-state index in [-0.39, 0.29) is 16.9 Å². The zero-order valence-electron chi connectivity index (χ0n) is 32.9. The average Bonchev–Trinajstić information content (AvgIpc) is 4.16. The van der Waals surface area contributed by atoms with Crippen molar-refractivity contribution >= 4 is 21.9 Å². The van der Waals surface area contributed by atoms with Crippen LogP contribution in [0.2, 0.25) is 0 Å². The molecular weight excluding hydrogens is 879 g/mol. The molecule has 0 aliphatic rings. The number of carboxylic acid groups (broad SMARTS) is 1. The van der Waals surface area contributed by atoms with E-state index in [0.717, 1.165) is 22.3 Å². The van der Waals surface area contributed by atoms with E-state index in [0.29, 0.717) is 45.9 Å². The first kappa shape index (κ1) is 42.4. The average molecular weight is 910 g/mol. The molecule has 6 aromatic heterocycles. The summed E-state index contributed by atoms with van der Waals surface area (Å²) in [6.45, 7) is 0. The van der Waals surface area contributed by atoms with E-state index in [1.165, 1.54) is 51.8 Å². The quantitative estimate of drug-likeness (QED) is 0.159. The maximum atomic E-state index is 13.3. The minimum atomic E-state index is -1.07. The highest BCUT2D eigenvalue weighted by Gasteiger charge is 2.15. The van der Waals surface area contributed by atoms with Gasteiger partial charge in [0.15, 0.2) is 0 Å². The summed E-state index contributed by atoms with van der Waals surface area (Å²) in [5.74, 6) is 0.572. The second-order valence-corrected chi connectivity index (χ2v) is 13.0. The molecule has 0 bridgehead atoms. The van der Waals surface area contributed by atoms with Crippen molar-refractivity contribution in [3.63, 3.8) is 0 Å². The lowest BCUT2D eigenvalue weighted by Crippen LogP contribution is -2.04. The van der Waals surface area contributed by atoms with Gasteiger partial charge in [0.1, 0.15) is 46.0 Å². The minimum absolute atomic E-state index is 0.0660. The Hall–Kier alpha value is -8.71. The topological polar surface area (TPSA) is 249 Å². The number of nitriles is 1. The summed E-state index contributed by atoms with van der Waals surface area (Å²) in [4.78, 5) is 27.5. The number of hydrogen-bond donors (Lipinski definition) is 1. The van der Waals surface area contributed by atoms with Gasteiger partial charge in [-0.2, -0.15) is 5.26 Å². The lowest BCUT2D eigenvalue weighted by atomic mass is 10.2. The van der Waals surface area contributed by atoms with E-state index in [1.54, 1.807) is 62.1 Å². The zero-order chi connectivity index (χ0) is 44.1. The fraction of sp³-hybridized carbons (Fsp3) is 0.0732. The molecule has 22 heteroatoms. The van der Waals surface area contributed by atoms with E-state index in [4.69, 9.17) is 19.8 Å². The first-order valence-electron chi connectivity index (χ1n) is 18.3. The molecule has 0 unspecified atom stereocenters. The Labute approximate surface area is 364 Å². The Morgan fingerprint density at radius 1 is 0.651 bits per heavy atom. The SMILES string of the molecule is COc1cc(-n2nnc(-c3ccccn3)n2)ccc1C(=O)O.COc1cc(-n2nnc(-c3ccccn3)n2)ccc1CBr.N#Cc1cc(-n2nnc(-c3ccccn3)n2)ccc1F. The maximum Gasteiger partial charge on any atom is 0.339 e. The highest BCUT2D eigenvalue weighted by molar-refractivity contribution is 9.08. The van der Waals surface area contributed by atoms with Gasteiger partial charge in [-0.15, -0.1) is 45.0 Å². The van der Waals surface area contributed by atoms with Crippen molar-refractivity contribution in [3.8, 4) is 69.2 Å². The van der Waals surface area contributed by atoms with Crippen LogP contribution in [0.15, 0.2) is 128 Å². The van der Waals surface area contributed by atoms with E-state index in [9.17, 15) is 9.18 Å². The largest absolute Gasteiger partial charge is 0.496 e. The normalized spacial score (nSPS) is 10.4. The Morgan fingerprint density at radius 3 is 1.51 bits per heavy atom. The van der Waals surface area contributed by atoms with Gasteiger partial charge in [0.25, 0.3) is 0 Å². The lowest BCUT2D eigenvalue weighted by molar-refractivity contribution is 0.0693. The minimum Gasteiger partial charge on any atom is -0.496 e. The van der Waals surface area contributed by atoms with Gasteiger partial charge in [0.05, 0.1) is 36.8 Å². The number of carboxylic acids is 1. The first-order valence-corrected chi connectivity index (χ1v) is 19.4. The predicted molar refractivity (Wildman–Crippen MR) is 225 cm³/mol. The molecule has 9 aromatic rings. The number of benzene rings is 3. The second-order valence-electron chi connectivity index (χ2n) is 12.4. The third-order valence-corrected chi connectivity index (χ3v) is 9.12. The molecule has 9 rings (SSSR count). The summed E-state index contributed by atoms with van der Waals surface area (Å²) >= 11 is 3.43. The first-order chi connectivity index (χ1) is 30.8. The molecule has 0 atom stereocenters. The van der Waals surface area contributed by atoms with Crippen molar-refractivity contribution in [1.29, 1.82) is 5.26 Å². The number of aromatic nitrogens is 15. The number of pyridine rings is 3. The molecule has 0 aliphatic carbocycles. The molecule has 0 spiro atoms. The number of rotatable bonds is 10. The van der Waals surface area contributed by atoms with Gasteiger partial charge in [0, 0.05) is 41.6 Å². The molecule has 0 radical (unpaired) electrons. The summed E-state index contributed by atoms with van der Waals surface area (Å²) in [5, 5.41) is 55.1. The van der Waals surface area contributed by atoms with Crippen molar-refractivity contribution < 1.29 is 23.8 Å². The van der Waals surface area contributed by atoms with Gasteiger partial charge in [-0.25, -0.2) is 9.18 Å². The standard InChI is InChI=1S/C14H12BrN5O.C14H11N5O3.C13H7FN6/c1-21-13-8-11(6-5-10(13)9-15)20-18-14(17-19-20)12-4-2-3-7-16-12;1-22-12-8-9(5-6-10(12)14(20)21)19-17-13(16-18-19)11-4-2-3-7-15-11;14-11-5-4-10(7-9(11)8-15)20-18-13(17-19-20)12-3-1-2-6-16-12/h2-8H,9H2,1H3;2-8H,1H3,(H,20,21);1-7H. The van der Waals surface area contributed by atoms with Crippen LogP contribution in [0.5, 0.6) is 11.5 Å². The molecule has 1 N–H and O–H groups in total. The third kappa shape index (κ3) is 10.2. The molecule has 0 saturated heterocycles. The van der Waals surface area contributed by atoms with Crippen molar-refractivity contribution in [2.24, 2.45) is 0 Å². The molecule has 20 nitrogen and oxygen atoms in total. The molecule has 0 amide bonds. The molecule has 63 heavy (non-hydrogen) atoms. The lowest BCUT2D eigenvalue weighted by Gasteiger charge is -2.07. The number of tetrazole rings is 3. The zero-order valence-corrected chi connectivity index (χ0v) is 34.5. The number of carbonyl (C=O) groups is 1. The fourth-order valence-corrected chi connectivity index (χ4v) is 5.90. The van der Waals surface area contributed by atoms with Gasteiger partial charge >= 0.3 is 5.97 Å². The summed E-state index contributed by atoms with van der Waals surface area (Å²) in [7, 11) is 3.04. The van der Waals surface area contributed by atoms with Gasteiger partial charge in [-0.3, -0.25) is 15.0 Å². The molecule has 312 valence electrons. The van der Waals surface area contributed by atoms with E-state index < -0.39 is 11.8 Å². The van der Waals surface area contributed by atoms with E-state index >= 15 is 0 Å². The molecule has 3 aromatic carbocycles. The number of hydrogen-bond acceptors (Lipinski definition) is 16. The second kappa shape index (κ2) is 20.0. The Kier molecular flexibility index (Phi) is 13.5. The maximum absolute atomic E-state index is 13.3. The fourth-order valence-electron chi connectivity index (χ4n) is 5.44. The Bertz CT molecular complexity index is 3000. The smallest absolute Gasteiger partial charge is 0.339 e. The van der Waals surface area contributed by atoms with Crippen LogP contribution in [0.25, 0.3) is 51.6 Å². The van der Waals surface area contributed by atoms with Gasteiger partial charge in [0.2, 0.25) is 17.5 Å². The van der Waals surface area contributed by atoms with Crippen LogP contribution >= 0.6 is 15.9 Å². The predicted octanol–water partition coefficient (Wildman–Crippen LogP) is 5.79. The summed E-state index contributed by atoms with van der Waals surface area (Å²) in [5.41, 5.74) is 4.71. The van der Waals surface area contributed by atoms with Crippen LogP contribution in [0, 0.1) is 17.1 Å². The van der Waals surface area contributed by atoms with Gasteiger partial charge in [-0.05, 0) is 88.4 Å². The van der Waals surface area contributed by atoms with Crippen LogP contribution in [-0.2, 0) is 5.33 Å². The number of ether oxygens (including phenoxy) is 2. The van der Waals surface area contributed by atoms with E-state index in [2.05, 4.69) is 77.1 Å². The van der Waals surface area contributed by atoms with Gasteiger partial charge < -0.3 is 14.6 Å². The number of aromatic carboxylic acids is 1. The molecule has 0 saturated carbocycles. The Morgan fingerprint density at radius 2 is 1.10 bits per heavy atom. The van der Waals surface area contributed by atoms with Crippen LogP contribution in [0.3, 0.4) is 0 Å². The number of methoxy groups -OCH3 is 2. The van der Waals surface area contributed by atoms with Crippen molar-refractivity contribution in [2.45, 2.75) is 5.33 Å². The highest BCUT2D eigenvalue weighted by atomic mass is 79.9. The molecule has 6 heterocycles. The highest BCUT2D eigenvalue weighted by Crippen LogP contribution is 2.25. The van der Waals surface area contributed by atoms with Crippen molar-refractivity contribution in [1.82, 2.24) is 75.6 Å². The summed E-state index contributed by atoms with van der Waals surface area (Å²) < 4.78 is 23.7. The van der Waals surface area contributed by atoms with Crippen molar-refractivity contribution in [3.05, 3.63) is 150 Å². The molecule has 0 fully saturated rings. The van der Waals surface area contributed by atoms with E-state index in [1.807, 2.05) is 48.5 Å². The van der Waals surface area contributed by atoms with Crippen molar-refractivity contribution in [2.75, 3.05) is 14.2 Å². The number of nitrogens with zero attached hydrogens (tertiary/aromatic N) is 16. The molecular formula is C41H30BrFN16O4. The summed E-state index contributed by atoms with van der Waals surface area (Å²) in [6.07, 6.45) is 4.96. The van der Waals surface area contributed by atoms with Crippen LogP contribution < -0.4 is 9.47 Å². The van der Waals surface area contributed by atoms with Crippen LogP contribution in [0.4, 0.5) is 4.39 Å². The summed E-state index contributed by atoms with van der Waals surface area (Å²) in [6, 6.07) is 32.4. The molecule has 0 aliphatic heterocycles. The number of alkyl halides is 1. The van der Waals surface area contributed by atoms with Gasteiger partial charge in [-0.1, -0.05) is 40.2 Å². The Balaban J connectivity index is 0.000000142. The number of halogens is 2. The van der Waals surface area contributed by atoms with Crippen LogP contribution in [0.1, 0.15) is 21.5 Å². The third-order valence-electron chi connectivity index (χ3n) is 8.52. The van der Waals surface area contributed by atoms with Crippen LogP contribution in [-0.4, -0.2) is 101 Å².